The summed E-state index contributed by atoms with van der Waals surface area (Å²) < 4.78 is 5.83. The van der Waals surface area contributed by atoms with Gasteiger partial charge in [0.25, 0.3) is 0 Å². The van der Waals surface area contributed by atoms with E-state index in [-0.39, 0.29) is 12.0 Å². The van der Waals surface area contributed by atoms with Crippen LogP contribution in [0.4, 0.5) is 0 Å². The van der Waals surface area contributed by atoms with Crippen molar-refractivity contribution in [2.24, 2.45) is 0 Å². The van der Waals surface area contributed by atoms with Crippen LogP contribution in [0, 0.1) is 0 Å². The van der Waals surface area contributed by atoms with Gasteiger partial charge in [-0.1, -0.05) is 24.3 Å². The second-order valence-electron chi connectivity index (χ2n) is 5.93. The minimum absolute atomic E-state index is 0.115. The highest BCUT2D eigenvalue weighted by molar-refractivity contribution is 5.76. The fourth-order valence-electron chi connectivity index (χ4n) is 2.93. The predicted octanol–water partition coefficient (Wildman–Crippen LogP) is 2.79. The van der Waals surface area contributed by atoms with E-state index in [0.29, 0.717) is 19.6 Å². The Kier molecular flexibility index (Phi) is 5.03. The maximum Gasteiger partial charge on any atom is 0.225 e. The summed E-state index contributed by atoms with van der Waals surface area (Å²) >= 11 is 0. The predicted molar refractivity (Wildman–Crippen MR) is 89.0 cm³/mol. The van der Waals surface area contributed by atoms with E-state index in [1.165, 1.54) is 11.1 Å². The van der Waals surface area contributed by atoms with Gasteiger partial charge in [0.2, 0.25) is 5.91 Å². The van der Waals surface area contributed by atoms with Crippen molar-refractivity contribution in [2.75, 3.05) is 20.2 Å². The minimum Gasteiger partial charge on any atom is -0.373 e. The van der Waals surface area contributed by atoms with E-state index < -0.39 is 0 Å². The third-order valence-electron chi connectivity index (χ3n) is 4.36. The van der Waals surface area contributed by atoms with Crippen LogP contribution in [0.25, 0.3) is 0 Å². The van der Waals surface area contributed by atoms with Crippen LogP contribution in [0.15, 0.2) is 48.8 Å². The number of nitrogens with zero attached hydrogens (tertiary/aromatic N) is 2. The van der Waals surface area contributed by atoms with Crippen molar-refractivity contribution < 1.29 is 9.53 Å². The first-order valence-electron chi connectivity index (χ1n) is 8.06. The summed E-state index contributed by atoms with van der Waals surface area (Å²) in [5.41, 5.74) is 3.66. The zero-order valence-electron chi connectivity index (χ0n) is 13.4. The number of hydrogen-bond donors (Lipinski definition) is 0. The van der Waals surface area contributed by atoms with Gasteiger partial charge in [0.15, 0.2) is 0 Å². The van der Waals surface area contributed by atoms with Gasteiger partial charge in [-0.15, -0.1) is 0 Å². The molecule has 3 rings (SSSR count). The average molecular weight is 310 g/mol. The lowest BCUT2D eigenvalue weighted by Gasteiger charge is -2.27. The lowest BCUT2D eigenvalue weighted by Crippen LogP contribution is -2.31. The van der Waals surface area contributed by atoms with Crippen molar-refractivity contribution in [1.82, 2.24) is 9.88 Å². The molecule has 0 saturated heterocycles. The van der Waals surface area contributed by atoms with Gasteiger partial charge < -0.3 is 9.64 Å². The molecule has 0 bridgehead atoms. The number of carbonyl (C=O) groups excluding carboxylic acids is 1. The van der Waals surface area contributed by atoms with Gasteiger partial charge in [-0.05, 0) is 41.7 Å². The molecule has 23 heavy (non-hydrogen) atoms. The zero-order valence-corrected chi connectivity index (χ0v) is 13.4. The van der Waals surface area contributed by atoms with Gasteiger partial charge in [-0.2, -0.15) is 0 Å². The molecule has 0 fully saturated rings. The second kappa shape index (κ2) is 7.38. The molecular formula is C19H22N2O2. The summed E-state index contributed by atoms with van der Waals surface area (Å²) in [6.07, 6.45) is 5.62. The summed E-state index contributed by atoms with van der Waals surface area (Å²) in [4.78, 5) is 18.3. The van der Waals surface area contributed by atoms with Crippen molar-refractivity contribution in [3.05, 3.63) is 65.5 Å². The molecule has 2 aromatic rings. The molecular weight excluding hydrogens is 288 g/mol. The SMILES string of the molecule is CN(CCc1ccncc1)C(=O)C[C@@H]1OCCc2ccccc21. The number of rotatable bonds is 5. The van der Waals surface area contributed by atoms with Gasteiger partial charge >= 0.3 is 0 Å². The number of amides is 1. The summed E-state index contributed by atoms with van der Waals surface area (Å²) in [6, 6.07) is 12.2. The number of pyridine rings is 1. The fourth-order valence-corrected chi connectivity index (χ4v) is 2.93. The molecule has 0 N–H and O–H groups in total. The molecule has 1 aliphatic heterocycles. The quantitative estimate of drug-likeness (QED) is 0.853. The smallest absolute Gasteiger partial charge is 0.225 e. The van der Waals surface area contributed by atoms with E-state index in [9.17, 15) is 4.79 Å². The Bertz CT molecular complexity index is 657. The monoisotopic (exact) mass is 310 g/mol. The Labute approximate surface area is 137 Å². The van der Waals surface area contributed by atoms with Crippen LogP contribution in [-0.4, -0.2) is 36.0 Å². The maximum absolute atomic E-state index is 12.5. The molecule has 0 unspecified atom stereocenters. The first-order valence-corrected chi connectivity index (χ1v) is 8.06. The van der Waals surface area contributed by atoms with Crippen molar-refractivity contribution in [3.63, 3.8) is 0 Å². The minimum atomic E-state index is -0.115. The van der Waals surface area contributed by atoms with Gasteiger partial charge in [-0.25, -0.2) is 0 Å². The number of hydrogen-bond acceptors (Lipinski definition) is 3. The third kappa shape index (κ3) is 3.96. The molecule has 1 amide bonds. The molecule has 1 aromatic carbocycles. The van der Waals surface area contributed by atoms with E-state index in [1.54, 1.807) is 17.3 Å². The third-order valence-corrected chi connectivity index (χ3v) is 4.36. The van der Waals surface area contributed by atoms with Gasteiger partial charge in [0.1, 0.15) is 0 Å². The highest BCUT2D eigenvalue weighted by Crippen LogP contribution is 2.29. The standard InChI is InChI=1S/C19H22N2O2/c1-21(12-8-15-6-10-20-11-7-15)19(22)14-18-17-5-3-2-4-16(17)9-13-23-18/h2-7,10-11,18H,8-9,12-14H2,1H3/t18-/m0/s1. The van der Waals surface area contributed by atoms with Crippen molar-refractivity contribution in [1.29, 1.82) is 0 Å². The molecule has 1 atom stereocenters. The zero-order chi connectivity index (χ0) is 16.1. The molecule has 4 nitrogen and oxygen atoms in total. The van der Waals surface area contributed by atoms with Crippen LogP contribution in [0.2, 0.25) is 0 Å². The summed E-state index contributed by atoms with van der Waals surface area (Å²) in [7, 11) is 1.86. The Hall–Kier alpha value is -2.20. The van der Waals surface area contributed by atoms with E-state index in [2.05, 4.69) is 17.1 Å². The molecule has 4 heteroatoms. The number of likely N-dealkylation sites (N-methyl/N-ethyl adjacent to an activating group) is 1. The first kappa shape index (κ1) is 15.7. The maximum atomic E-state index is 12.5. The molecule has 1 aromatic heterocycles. The molecule has 0 aliphatic carbocycles. The Balaban J connectivity index is 1.57. The molecule has 0 radical (unpaired) electrons. The molecule has 0 spiro atoms. The normalized spacial score (nSPS) is 16.7. The van der Waals surface area contributed by atoms with Crippen molar-refractivity contribution >= 4 is 5.91 Å². The first-order chi connectivity index (χ1) is 11.2. The Morgan fingerprint density at radius 2 is 2.04 bits per heavy atom. The lowest BCUT2D eigenvalue weighted by atomic mass is 9.95. The van der Waals surface area contributed by atoms with E-state index >= 15 is 0 Å². The molecule has 2 heterocycles. The number of ether oxygens (including phenoxy) is 1. The largest absolute Gasteiger partial charge is 0.373 e. The highest BCUT2D eigenvalue weighted by atomic mass is 16.5. The van der Waals surface area contributed by atoms with E-state index in [1.807, 2.05) is 31.3 Å². The van der Waals surface area contributed by atoms with Gasteiger partial charge in [0.05, 0.1) is 19.1 Å². The second-order valence-corrected chi connectivity index (χ2v) is 5.93. The number of carbonyl (C=O) groups is 1. The van der Waals surface area contributed by atoms with Crippen LogP contribution in [-0.2, 0) is 22.4 Å². The summed E-state index contributed by atoms with van der Waals surface area (Å²) in [6.45, 7) is 1.40. The topological polar surface area (TPSA) is 42.4 Å². The average Bonchev–Trinajstić information content (AvgIpc) is 2.61. The van der Waals surface area contributed by atoms with Crippen molar-refractivity contribution in [2.45, 2.75) is 25.4 Å². The fraction of sp³-hybridized carbons (Fsp3) is 0.368. The Morgan fingerprint density at radius 3 is 2.87 bits per heavy atom. The van der Waals surface area contributed by atoms with Crippen LogP contribution in [0.5, 0.6) is 0 Å². The van der Waals surface area contributed by atoms with Crippen LogP contribution in [0.3, 0.4) is 0 Å². The molecule has 120 valence electrons. The highest BCUT2D eigenvalue weighted by Gasteiger charge is 2.24. The van der Waals surface area contributed by atoms with E-state index in [0.717, 1.165) is 18.4 Å². The number of aromatic nitrogens is 1. The Morgan fingerprint density at radius 1 is 1.26 bits per heavy atom. The van der Waals surface area contributed by atoms with Crippen LogP contribution >= 0.6 is 0 Å². The van der Waals surface area contributed by atoms with Crippen molar-refractivity contribution in [3.8, 4) is 0 Å². The van der Waals surface area contributed by atoms with E-state index in [4.69, 9.17) is 4.74 Å². The summed E-state index contributed by atoms with van der Waals surface area (Å²) in [5.74, 6) is 0.126. The van der Waals surface area contributed by atoms with Crippen LogP contribution < -0.4 is 0 Å². The number of fused-ring (bicyclic) bond motifs is 1. The van der Waals surface area contributed by atoms with Crippen LogP contribution in [0.1, 0.15) is 29.2 Å². The van der Waals surface area contributed by atoms with Gasteiger partial charge in [-0.3, -0.25) is 9.78 Å². The molecule has 0 saturated carbocycles. The molecule has 1 aliphatic rings. The summed E-state index contributed by atoms with van der Waals surface area (Å²) in [5, 5.41) is 0. The lowest BCUT2D eigenvalue weighted by molar-refractivity contribution is -0.133. The number of benzene rings is 1. The van der Waals surface area contributed by atoms with Gasteiger partial charge in [0, 0.05) is 26.0 Å².